The lowest BCUT2D eigenvalue weighted by molar-refractivity contribution is -0.126. The highest BCUT2D eigenvalue weighted by molar-refractivity contribution is 6.00. The molecule has 2 aliphatic rings. The van der Waals surface area contributed by atoms with Gasteiger partial charge in [0.2, 0.25) is 11.8 Å². The molecule has 8 heteroatoms. The van der Waals surface area contributed by atoms with E-state index in [0.717, 1.165) is 28.3 Å². The van der Waals surface area contributed by atoms with E-state index in [0.29, 0.717) is 37.8 Å². The van der Waals surface area contributed by atoms with Gasteiger partial charge in [0.1, 0.15) is 13.2 Å². The number of anilines is 1. The van der Waals surface area contributed by atoms with Crippen LogP contribution in [0.1, 0.15) is 23.4 Å². The molecular formula is C25H26N4O4. The van der Waals surface area contributed by atoms with Crippen molar-refractivity contribution >= 4 is 17.5 Å². The van der Waals surface area contributed by atoms with Crippen molar-refractivity contribution in [3.8, 4) is 17.2 Å². The maximum absolute atomic E-state index is 12.9. The summed E-state index contributed by atoms with van der Waals surface area (Å²) in [7, 11) is 0. The number of hydrogen-bond acceptors (Lipinski definition) is 5. The first-order chi connectivity index (χ1) is 16.0. The Kier molecular flexibility index (Phi) is 5.50. The predicted molar refractivity (Wildman–Crippen MR) is 123 cm³/mol. The highest BCUT2D eigenvalue weighted by atomic mass is 16.6. The summed E-state index contributed by atoms with van der Waals surface area (Å²) in [5.41, 5.74) is 4.54. The normalized spacial score (nSPS) is 17.3. The number of carbonyl (C=O) groups is 2. The molecule has 0 saturated carbocycles. The molecule has 0 bridgehead atoms. The van der Waals surface area contributed by atoms with E-state index in [1.165, 1.54) is 0 Å². The highest BCUT2D eigenvalue weighted by Gasteiger charge is 2.35. The molecule has 170 valence electrons. The van der Waals surface area contributed by atoms with Gasteiger partial charge in [-0.05, 0) is 38.1 Å². The van der Waals surface area contributed by atoms with Crippen LogP contribution in [0.2, 0.25) is 0 Å². The number of fused-ring (bicyclic) bond motifs is 1. The third-order valence-corrected chi connectivity index (χ3v) is 6.21. The third-order valence-electron chi connectivity index (χ3n) is 6.21. The van der Waals surface area contributed by atoms with Gasteiger partial charge in [-0.3, -0.25) is 9.59 Å². The van der Waals surface area contributed by atoms with Crippen molar-refractivity contribution in [2.45, 2.75) is 26.8 Å². The quantitative estimate of drug-likeness (QED) is 0.651. The molecule has 1 fully saturated rings. The molecule has 0 unspecified atom stereocenters. The molecule has 2 aliphatic heterocycles. The molecule has 33 heavy (non-hydrogen) atoms. The van der Waals surface area contributed by atoms with Crippen LogP contribution < -0.4 is 19.7 Å². The number of ether oxygens (including phenoxy) is 2. The summed E-state index contributed by atoms with van der Waals surface area (Å²) in [4.78, 5) is 27.2. The van der Waals surface area contributed by atoms with E-state index in [9.17, 15) is 9.59 Å². The van der Waals surface area contributed by atoms with Gasteiger partial charge >= 0.3 is 0 Å². The second-order valence-corrected chi connectivity index (χ2v) is 8.35. The van der Waals surface area contributed by atoms with E-state index in [1.807, 2.05) is 54.9 Å². The van der Waals surface area contributed by atoms with E-state index < -0.39 is 5.92 Å². The number of benzene rings is 2. The van der Waals surface area contributed by atoms with Crippen LogP contribution in [0.3, 0.4) is 0 Å². The van der Waals surface area contributed by atoms with Gasteiger partial charge in [-0.1, -0.05) is 18.2 Å². The maximum atomic E-state index is 12.9. The van der Waals surface area contributed by atoms with Crippen LogP contribution in [0.25, 0.3) is 5.69 Å². The first kappa shape index (κ1) is 21.1. The average Bonchev–Trinajstić information content (AvgIpc) is 3.37. The summed E-state index contributed by atoms with van der Waals surface area (Å²) in [6.45, 7) is 5.65. The van der Waals surface area contributed by atoms with Crippen molar-refractivity contribution in [2.24, 2.45) is 5.92 Å². The van der Waals surface area contributed by atoms with Crippen LogP contribution in [0.5, 0.6) is 11.5 Å². The lowest BCUT2D eigenvalue weighted by atomic mass is 10.1. The van der Waals surface area contributed by atoms with Crippen molar-refractivity contribution < 1.29 is 19.1 Å². The molecule has 1 saturated heterocycles. The van der Waals surface area contributed by atoms with Crippen molar-refractivity contribution in [1.29, 1.82) is 0 Å². The van der Waals surface area contributed by atoms with Crippen LogP contribution in [-0.2, 0) is 16.1 Å². The van der Waals surface area contributed by atoms with Crippen LogP contribution in [0.4, 0.5) is 5.69 Å². The van der Waals surface area contributed by atoms with Gasteiger partial charge in [0.25, 0.3) is 0 Å². The first-order valence-electron chi connectivity index (χ1n) is 11.1. The van der Waals surface area contributed by atoms with Gasteiger partial charge < -0.3 is 19.7 Å². The van der Waals surface area contributed by atoms with Gasteiger partial charge in [-0.25, -0.2) is 4.68 Å². The first-order valence-corrected chi connectivity index (χ1v) is 11.1. The molecular weight excluding hydrogens is 420 g/mol. The second-order valence-electron chi connectivity index (χ2n) is 8.35. The van der Waals surface area contributed by atoms with Gasteiger partial charge in [-0.15, -0.1) is 0 Å². The SMILES string of the molecule is Cc1nn(-c2ccccc2)c(C)c1CNC(=O)[C@H]1CC(=O)N(c2ccc3c(c2)OCCO3)C1. The molecule has 0 spiro atoms. The minimum Gasteiger partial charge on any atom is -0.486 e. The van der Waals surface area contributed by atoms with Crippen LogP contribution in [0.15, 0.2) is 48.5 Å². The number of nitrogens with one attached hydrogen (secondary N) is 1. The van der Waals surface area contributed by atoms with Gasteiger partial charge in [0.15, 0.2) is 11.5 Å². The number of nitrogens with zero attached hydrogens (tertiary/aromatic N) is 3. The molecule has 8 nitrogen and oxygen atoms in total. The Morgan fingerprint density at radius 2 is 1.82 bits per heavy atom. The Labute approximate surface area is 192 Å². The lowest BCUT2D eigenvalue weighted by Crippen LogP contribution is -2.33. The number of amides is 2. The number of rotatable bonds is 5. The van der Waals surface area contributed by atoms with E-state index in [1.54, 1.807) is 17.0 Å². The van der Waals surface area contributed by atoms with Gasteiger partial charge in [0, 0.05) is 42.5 Å². The Morgan fingerprint density at radius 3 is 2.61 bits per heavy atom. The summed E-state index contributed by atoms with van der Waals surface area (Å²) >= 11 is 0. The van der Waals surface area contributed by atoms with Crippen LogP contribution in [0, 0.1) is 19.8 Å². The largest absolute Gasteiger partial charge is 0.486 e. The summed E-state index contributed by atoms with van der Waals surface area (Å²) in [6, 6.07) is 15.3. The number of aromatic nitrogens is 2. The minimum absolute atomic E-state index is 0.0731. The van der Waals surface area contributed by atoms with Crippen molar-refractivity contribution in [1.82, 2.24) is 15.1 Å². The zero-order valence-electron chi connectivity index (χ0n) is 18.7. The standard InChI is InChI=1S/C25H26N4O4/c1-16-21(17(2)29(27-16)19-6-4-3-5-7-19)14-26-25(31)18-12-24(30)28(15-18)20-8-9-22-23(13-20)33-11-10-32-22/h3-9,13,18H,10-12,14-15H2,1-2H3,(H,26,31)/t18-/m0/s1. The molecule has 3 aromatic rings. The monoisotopic (exact) mass is 446 g/mol. The summed E-state index contributed by atoms with van der Waals surface area (Å²) in [5, 5.41) is 7.65. The Bertz CT molecular complexity index is 1200. The second kappa shape index (κ2) is 8.61. The smallest absolute Gasteiger partial charge is 0.227 e. The molecule has 0 radical (unpaired) electrons. The Morgan fingerprint density at radius 1 is 1.06 bits per heavy atom. The summed E-state index contributed by atoms with van der Waals surface area (Å²) in [5.74, 6) is 0.690. The summed E-state index contributed by atoms with van der Waals surface area (Å²) in [6.07, 6.45) is 0.182. The van der Waals surface area contributed by atoms with Gasteiger partial charge in [0.05, 0.1) is 17.3 Å². The van der Waals surface area contributed by atoms with Crippen LogP contribution in [-0.4, -0.2) is 41.4 Å². The number of hydrogen-bond donors (Lipinski definition) is 1. The van der Waals surface area contributed by atoms with Crippen molar-refractivity contribution in [3.05, 3.63) is 65.5 Å². The van der Waals surface area contributed by atoms with E-state index in [4.69, 9.17) is 9.47 Å². The molecule has 5 rings (SSSR count). The van der Waals surface area contributed by atoms with Crippen molar-refractivity contribution in [2.75, 3.05) is 24.7 Å². The lowest BCUT2D eigenvalue weighted by Gasteiger charge is -2.22. The van der Waals surface area contributed by atoms with E-state index in [-0.39, 0.29) is 18.2 Å². The Balaban J connectivity index is 1.25. The summed E-state index contributed by atoms with van der Waals surface area (Å²) < 4.78 is 13.1. The van der Waals surface area contributed by atoms with Gasteiger partial charge in [-0.2, -0.15) is 5.10 Å². The minimum atomic E-state index is -0.407. The number of carbonyl (C=O) groups excluding carboxylic acids is 2. The molecule has 1 aromatic heterocycles. The van der Waals surface area contributed by atoms with E-state index >= 15 is 0 Å². The average molecular weight is 447 g/mol. The number of para-hydroxylation sites is 1. The molecule has 1 N–H and O–H groups in total. The molecule has 3 heterocycles. The fourth-order valence-corrected chi connectivity index (χ4v) is 4.40. The zero-order chi connectivity index (χ0) is 22.9. The van der Waals surface area contributed by atoms with Crippen molar-refractivity contribution in [3.63, 3.8) is 0 Å². The molecule has 2 aromatic carbocycles. The zero-order valence-corrected chi connectivity index (χ0v) is 18.7. The van der Waals surface area contributed by atoms with Crippen LogP contribution >= 0.6 is 0 Å². The topological polar surface area (TPSA) is 85.7 Å². The third kappa shape index (κ3) is 4.04. The number of aryl methyl sites for hydroxylation is 1. The fourth-order valence-electron chi connectivity index (χ4n) is 4.40. The van der Waals surface area contributed by atoms with E-state index in [2.05, 4.69) is 10.4 Å². The maximum Gasteiger partial charge on any atom is 0.227 e. The highest BCUT2D eigenvalue weighted by Crippen LogP contribution is 2.36. The molecule has 2 amide bonds. The fraction of sp³-hybridized carbons (Fsp3) is 0.320. The Hall–Kier alpha value is -3.81. The predicted octanol–water partition coefficient (Wildman–Crippen LogP) is 2.93. The molecule has 0 aliphatic carbocycles. The molecule has 1 atom stereocenters.